The molecule has 28 heavy (non-hydrogen) atoms. The van der Waals surface area contributed by atoms with Crippen molar-refractivity contribution in [2.75, 3.05) is 45.1 Å². The highest BCUT2D eigenvalue weighted by Crippen LogP contribution is 2.19. The van der Waals surface area contributed by atoms with E-state index in [4.69, 9.17) is 22.1 Å². The number of anilines is 1. The molecular formula is C21H24ClN5O. The number of aromatic nitrogens is 2. The van der Waals surface area contributed by atoms with E-state index in [1.54, 1.807) is 0 Å². The summed E-state index contributed by atoms with van der Waals surface area (Å²) in [6.45, 7) is 6.25. The van der Waals surface area contributed by atoms with Crippen LogP contribution in [-0.2, 0) is 6.54 Å². The molecule has 0 amide bonds. The number of benzene rings is 2. The number of rotatable bonds is 6. The van der Waals surface area contributed by atoms with E-state index in [1.165, 1.54) is 0 Å². The van der Waals surface area contributed by atoms with Crippen LogP contribution in [-0.4, -0.2) is 59.1 Å². The number of nitrogens with zero attached hydrogens (tertiary/aromatic N) is 4. The van der Waals surface area contributed by atoms with Crippen molar-refractivity contribution >= 4 is 28.3 Å². The summed E-state index contributed by atoms with van der Waals surface area (Å²) in [4.78, 5) is 13.9. The van der Waals surface area contributed by atoms with Gasteiger partial charge in [-0.1, -0.05) is 29.8 Å². The van der Waals surface area contributed by atoms with Gasteiger partial charge in [-0.05, 0) is 30.3 Å². The van der Waals surface area contributed by atoms with Crippen molar-refractivity contribution in [3.63, 3.8) is 0 Å². The smallest absolute Gasteiger partial charge is 0.145 e. The van der Waals surface area contributed by atoms with E-state index in [-0.39, 0.29) is 0 Å². The Kier molecular flexibility index (Phi) is 5.90. The Morgan fingerprint density at radius 3 is 2.57 bits per heavy atom. The fourth-order valence-corrected chi connectivity index (χ4v) is 3.62. The van der Waals surface area contributed by atoms with Crippen LogP contribution in [0.2, 0.25) is 5.02 Å². The van der Waals surface area contributed by atoms with Gasteiger partial charge in [0, 0.05) is 43.1 Å². The lowest BCUT2D eigenvalue weighted by Gasteiger charge is -2.34. The molecule has 0 spiro atoms. The van der Waals surface area contributed by atoms with Crippen molar-refractivity contribution in [1.82, 2.24) is 19.8 Å². The number of para-hydroxylation sites is 1. The summed E-state index contributed by atoms with van der Waals surface area (Å²) < 4.78 is 5.79. The van der Waals surface area contributed by atoms with Gasteiger partial charge >= 0.3 is 0 Å². The molecule has 0 saturated carbocycles. The molecule has 2 aromatic carbocycles. The average molecular weight is 398 g/mol. The quantitative estimate of drug-likeness (QED) is 0.689. The lowest BCUT2D eigenvalue weighted by molar-refractivity contribution is 0.111. The number of fused-ring (bicyclic) bond motifs is 1. The molecule has 7 heteroatoms. The zero-order chi connectivity index (χ0) is 19.3. The first kappa shape index (κ1) is 18.9. The standard InChI is InChI=1S/C21H24ClN5O/c22-16-4-3-5-17(14-16)28-13-12-26-8-10-27(11-9-26)15-20-24-19-7-2-1-6-18(19)21(23)25-20/h1-7,14H,8-13,15H2,(H2,23,24,25). The Morgan fingerprint density at radius 1 is 0.964 bits per heavy atom. The molecule has 0 radical (unpaired) electrons. The van der Waals surface area contributed by atoms with E-state index in [2.05, 4.69) is 19.8 Å². The monoisotopic (exact) mass is 397 g/mol. The Morgan fingerprint density at radius 2 is 1.75 bits per heavy atom. The molecule has 4 rings (SSSR count). The summed E-state index contributed by atoms with van der Waals surface area (Å²) in [5.74, 6) is 2.16. The van der Waals surface area contributed by atoms with Crippen molar-refractivity contribution < 1.29 is 4.74 Å². The molecule has 3 aromatic rings. The van der Waals surface area contributed by atoms with Gasteiger partial charge in [-0.25, -0.2) is 9.97 Å². The van der Waals surface area contributed by atoms with Gasteiger partial charge in [-0.3, -0.25) is 9.80 Å². The van der Waals surface area contributed by atoms with Crippen LogP contribution in [0, 0.1) is 0 Å². The highest BCUT2D eigenvalue weighted by molar-refractivity contribution is 6.30. The third-order valence-electron chi connectivity index (χ3n) is 4.98. The summed E-state index contributed by atoms with van der Waals surface area (Å²) in [7, 11) is 0. The minimum absolute atomic E-state index is 0.553. The summed E-state index contributed by atoms with van der Waals surface area (Å²) in [5.41, 5.74) is 7.00. The number of halogens is 1. The van der Waals surface area contributed by atoms with Crippen LogP contribution in [0.1, 0.15) is 5.82 Å². The molecule has 1 fully saturated rings. The van der Waals surface area contributed by atoms with Gasteiger partial charge < -0.3 is 10.5 Å². The zero-order valence-corrected chi connectivity index (χ0v) is 16.5. The summed E-state index contributed by atoms with van der Waals surface area (Å²) in [6, 6.07) is 15.4. The van der Waals surface area contributed by atoms with Crippen molar-refractivity contribution in [3.8, 4) is 5.75 Å². The predicted molar refractivity (Wildman–Crippen MR) is 113 cm³/mol. The molecule has 1 aliphatic rings. The first-order valence-electron chi connectivity index (χ1n) is 9.51. The number of hydrogen-bond acceptors (Lipinski definition) is 6. The molecule has 1 aromatic heterocycles. The Balaban J connectivity index is 1.25. The predicted octanol–water partition coefficient (Wildman–Crippen LogP) is 3.06. The van der Waals surface area contributed by atoms with E-state index in [9.17, 15) is 0 Å². The third-order valence-corrected chi connectivity index (χ3v) is 5.22. The molecule has 2 heterocycles. The minimum Gasteiger partial charge on any atom is -0.492 e. The molecular weight excluding hydrogens is 374 g/mol. The van der Waals surface area contributed by atoms with Crippen LogP contribution in [0.5, 0.6) is 5.75 Å². The van der Waals surface area contributed by atoms with E-state index in [0.29, 0.717) is 17.4 Å². The Hall–Kier alpha value is -2.41. The fraction of sp³-hybridized carbons (Fsp3) is 0.333. The van der Waals surface area contributed by atoms with E-state index < -0.39 is 0 Å². The fourth-order valence-electron chi connectivity index (χ4n) is 3.44. The van der Waals surface area contributed by atoms with Gasteiger partial charge in [-0.2, -0.15) is 0 Å². The van der Waals surface area contributed by atoms with Crippen LogP contribution < -0.4 is 10.5 Å². The summed E-state index contributed by atoms with van der Waals surface area (Å²) >= 11 is 5.98. The first-order chi connectivity index (χ1) is 13.7. The maximum atomic E-state index is 6.10. The number of nitrogens with two attached hydrogens (primary N) is 1. The van der Waals surface area contributed by atoms with Crippen molar-refractivity contribution in [3.05, 3.63) is 59.4 Å². The number of nitrogen functional groups attached to an aromatic ring is 1. The maximum Gasteiger partial charge on any atom is 0.145 e. The minimum atomic E-state index is 0.553. The second-order valence-electron chi connectivity index (χ2n) is 6.97. The van der Waals surface area contributed by atoms with Crippen LogP contribution >= 0.6 is 11.6 Å². The van der Waals surface area contributed by atoms with Gasteiger partial charge in [0.1, 0.15) is 24.0 Å². The SMILES string of the molecule is Nc1nc(CN2CCN(CCOc3cccc(Cl)c3)CC2)nc2ccccc12. The second kappa shape index (κ2) is 8.73. The van der Waals surface area contributed by atoms with Crippen molar-refractivity contribution in [1.29, 1.82) is 0 Å². The molecule has 1 aliphatic heterocycles. The summed E-state index contributed by atoms with van der Waals surface area (Å²) in [5, 5.41) is 1.61. The van der Waals surface area contributed by atoms with Gasteiger partial charge in [0.2, 0.25) is 0 Å². The highest BCUT2D eigenvalue weighted by Gasteiger charge is 2.18. The van der Waals surface area contributed by atoms with Crippen molar-refractivity contribution in [2.45, 2.75) is 6.54 Å². The van der Waals surface area contributed by atoms with E-state index >= 15 is 0 Å². The van der Waals surface area contributed by atoms with Crippen LogP contribution in [0.4, 0.5) is 5.82 Å². The van der Waals surface area contributed by atoms with Crippen LogP contribution in [0.25, 0.3) is 10.9 Å². The molecule has 0 unspecified atom stereocenters. The van der Waals surface area contributed by atoms with Crippen LogP contribution in [0.15, 0.2) is 48.5 Å². The molecule has 0 bridgehead atoms. The molecule has 2 N–H and O–H groups in total. The normalized spacial score (nSPS) is 15.8. The second-order valence-corrected chi connectivity index (χ2v) is 7.40. The molecule has 0 atom stereocenters. The average Bonchev–Trinajstić information content (AvgIpc) is 2.69. The zero-order valence-electron chi connectivity index (χ0n) is 15.7. The first-order valence-corrected chi connectivity index (χ1v) is 9.89. The largest absolute Gasteiger partial charge is 0.492 e. The summed E-state index contributed by atoms with van der Waals surface area (Å²) in [6.07, 6.45) is 0. The number of hydrogen-bond donors (Lipinski definition) is 1. The maximum absolute atomic E-state index is 6.10. The number of ether oxygens (including phenoxy) is 1. The highest BCUT2D eigenvalue weighted by atomic mass is 35.5. The molecule has 146 valence electrons. The topological polar surface area (TPSA) is 67.5 Å². The van der Waals surface area contributed by atoms with Crippen molar-refractivity contribution in [2.24, 2.45) is 0 Å². The van der Waals surface area contributed by atoms with Crippen LogP contribution in [0.3, 0.4) is 0 Å². The molecule has 1 saturated heterocycles. The Labute approximate surface area is 169 Å². The van der Waals surface area contributed by atoms with Gasteiger partial charge in [-0.15, -0.1) is 0 Å². The number of piperazine rings is 1. The molecule has 6 nitrogen and oxygen atoms in total. The van der Waals surface area contributed by atoms with Gasteiger partial charge in [0.25, 0.3) is 0 Å². The van der Waals surface area contributed by atoms with E-state index in [0.717, 1.165) is 61.7 Å². The lowest BCUT2D eigenvalue weighted by Crippen LogP contribution is -2.47. The lowest BCUT2D eigenvalue weighted by atomic mass is 10.2. The third kappa shape index (κ3) is 4.70. The molecule has 0 aliphatic carbocycles. The van der Waals surface area contributed by atoms with Gasteiger partial charge in [0.15, 0.2) is 0 Å². The Bertz CT molecular complexity index is 943. The van der Waals surface area contributed by atoms with E-state index in [1.807, 2.05) is 48.5 Å². The van der Waals surface area contributed by atoms with Gasteiger partial charge in [0.05, 0.1) is 12.1 Å².